The van der Waals surface area contributed by atoms with E-state index in [1.807, 2.05) is 20.8 Å². The summed E-state index contributed by atoms with van der Waals surface area (Å²) in [5.74, 6) is -0.469. The Labute approximate surface area is 111 Å². The molecule has 0 fully saturated rings. The first kappa shape index (κ1) is 14.5. The normalized spacial score (nSPS) is 11.2. The Morgan fingerprint density at radius 2 is 2.00 bits per heavy atom. The zero-order valence-corrected chi connectivity index (χ0v) is 11.6. The summed E-state index contributed by atoms with van der Waals surface area (Å²) >= 11 is 5.97. The number of aromatic hydroxyl groups is 1. The quantitative estimate of drug-likeness (QED) is 0.640. The van der Waals surface area contributed by atoms with Crippen LogP contribution in [-0.2, 0) is 10.2 Å². The number of amides is 1. The number of phenolic OH excluding ortho intramolecular Hbond substituents is 1. The van der Waals surface area contributed by atoms with Crippen molar-refractivity contribution < 1.29 is 14.7 Å². The van der Waals surface area contributed by atoms with Crippen molar-refractivity contribution >= 4 is 29.5 Å². The van der Waals surface area contributed by atoms with E-state index < -0.39 is 0 Å². The van der Waals surface area contributed by atoms with Crippen LogP contribution in [0.3, 0.4) is 0 Å². The van der Waals surface area contributed by atoms with Gasteiger partial charge in [0.15, 0.2) is 6.29 Å². The molecule has 0 heterocycles. The minimum Gasteiger partial charge on any atom is -0.505 e. The van der Waals surface area contributed by atoms with Gasteiger partial charge in [-0.2, -0.15) is 0 Å². The van der Waals surface area contributed by atoms with E-state index in [1.165, 1.54) is 13.0 Å². The Morgan fingerprint density at radius 3 is 2.39 bits per heavy atom. The van der Waals surface area contributed by atoms with Gasteiger partial charge < -0.3 is 10.4 Å². The topological polar surface area (TPSA) is 66.4 Å². The van der Waals surface area contributed by atoms with E-state index in [9.17, 15) is 14.7 Å². The van der Waals surface area contributed by atoms with E-state index in [1.54, 1.807) is 0 Å². The van der Waals surface area contributed by atoms with Gasteiger partial charge in [0, 0.05) is 18.1 Å². The average Bonchev–Trinajstić information content (AvgIpc) is 2.22. The lowest BCUT2D eigenvalue weighted by molar-refractivity contribution is -0.114. The number of hydrogen-bond donors (Lipinski definition) is 2. The lowest BCUT2D eigenvalue weighted by atomic mass is 9.85. The number of halogens is 1. The molecule has 0 saturated heterocycles. The van der Waals surface area contributed by atoms with Crippen molar-refractivity contribution in [2.75, 3.05) is 5.32 Å². The van der Waals surface area contributed by atoms with Gasteiger partial charge in [-0.25, -0.2) is 0 Å². The fourth-order valence-corrected chi connectivity index (χ4v) is 1.85. The van der Waals surface area contributed by atoms with E-state index >= 15 is 0 Å². The number of hydrogen-bond acceptors (Lipinski definition) is 3. The zero-order chi connectivity index (χ0) is 14.1. The summed E-state index contributed by atoms with van der Waals surface area (Å²) in [5, 5.41) is 12.7. The summed E-state index contributed by atoms with van der Waals surface area (Å²) in [5.41, 5.74) is 0.499. The van der Waals surface area contributed by atoms with Crippen LogP contribution in [-0.4, -0.2) is 17.3 Å². The van der Waals surface area contributed by atoms with Crippen LogP contribution in [0, 0.1) is 0 Å². The van der Waals surface area contributed by atoms with Crippen LogP contribution in [0.4, 0.5) is 5.69 Å². The molecule has 0 saturated carbocycles. The Kier molecular flexibility index (Phi) is 4.02. The summed E-state index contributed by atoms with van der Waals surface area (Å²) < 4.78 is 0. The lowest BCUT2D eigenvalue weighted by Gasteiger charge is -2.23. The third kappa shape index (κ3) is 2.82. The van der Waals surface area contributed by atoms with Crippen LogP contribution in [0.5, 0.6) is 5.75 Å². The standard InChI is InChI=1S/C13H16ClNO3/c1-7(17)15-11-10(14)8(6-16)5-9(12(11)18)13(2,3)4/h5-6,18H,1-4H3,(H,15,17). The van der Waals surface area contributed by atoms with Crippen LogP contribution < -0.4 is 5.32 Å². The molecular formula is C13H16ClNO3. The molecule has 0 spiro atoms. The van der Waals surface area contributed by atoms with Gasteiger partial charge in [-0.3, -0.25) is 9.59 Å². The number of carbonyl (C=O) groups is 2. The third-order valence-electron chi connectivity index (χ3n) is 2.50. The molecule has 2 N–H and O–H groups in total. The Balaban J connectivity index is 3.58. The maximum Gasteiger partial charge on any atom is 0.221 e. The second-order valence-electron chi connectivity index (χ2n) is 5.10. The highest BCUT2D eigenvalue weighted by atomic mass is 35.5. The number of benzene rings is 1. The molecule has 5 heteroatoms. The van der Waals surface area contributed by atoms with Crippen LogP contribution in [0.2, 0.25) is 5.02 Å². The van der Waals surface area contributed by atoms with E-state index in [2.05, 4.69) is 5.32 Å². The molecule has 0 radical (unpaired) electrons. The Hall–Kier alpha value is -1.55. The molecule has 4 nitrogen and oxygen atoms in total. The number of phenols is 1. The fourth-order valence-electron chi connectivity index (χ4n) is 1.62. The molecule has 98 valence electrons. The second-order valence-corrected chi connectivity index (χ2v) is 5.48. The molecular weight excluding hydrogens is 254 g/mol. The van der Waals surface area contributed by atoms with Crippen LogP contribution in [0.25, 0.3) is 0 Å². The van der Waals surface area contributed by atoms with Gasteiger partial charge in [-0.15, -0.1) is 0 Å². The summed E-state index contributed by atoms with van der Waals surface area (Å²) in [7, 11) is 0. The lowest BCUT2D eigenvalue weighted by Crippen LogP contribution is -2.15. The number of aldehydes is 1. The summed E-state index contributed by atoms with van der Waals surface area (Å²) in [6.07, 6.45) is 0.600. The molecule has 1 amide bonds. The van der Waals surface area contributed by atoms with Gasteiger partial charge in [-0.1, -0.05) is 32.4 Å². The van der Waals surface area contributed by atoms with Crippen molar-refractivity contribution in [2.24, 2.45) is 0 Å². The first-order valence-corrected chi connectivity index (χ1v) is 5.85. The van der Waals surface area contributed by atoms with Crippen molar-refractivity contribution in [3.8, 4) is 5.75 Å². The number of carbonyl (C=O) groups excluding carboxylic acids is 2. The predicted octanol–water partition coefficient (Wildman–Crippen LogP) is 3.11. The van der Waals surface area contributed by atoms with Gasteiger partial charge in [0.2, 0.25) is 5.91 Å². The fraction of sp³-hybridized carbons (Fsp3) is 0.385. The van der Waals surface area contributed by atoms with Gasteiger partial charge >= 0.3 is 0 Å². The molecule has 0 aliphatic rings. The molecule has 0 bridgehead atoms. The van der Waals surface area contributed by atoms with E-state index in [0.29, 0.717) is 11.8 Å². The summed E-state index contributed by atoms with van der Waals surface area (Å²) in [6.45, 7) is 6.98. The van der Waals surface area contributed by atoms with Crippen LogP contribution >= 0.6 is 11.6 Å². The Morgan fingerprint density at radius 1 is 1.44 bits per heavy atom. The van der Waals surface area contributed by atoms with Crippen molar-refractivity contribution in [1.29, 1.82) is 0 Å². The number of nitrogens with one attached hydrogen (secondary N) is 1. The minimum atomic E-state index is -0.375. The monoisotopic (exact) mass is 269 g/mol. The molecule has 1 aromatic carbocycles. The zero-order valence-electron chi connectivity index (χ0n) is 10.8. The van der Waals surface area contributed by atoms with Crippen LogP contribution in [0.15, 0.2) is 6.07 Å². The minimum absolute atomic E-state index is 0.0469. The third-order valence-corrected chi connectivity index (χ3v) is 2.91. The molecule has 0 aliphatic heterocycles. The van der Waals surface area contributed by atoms with Crippen molar-refractivity contribution in [2.45, 2.75) is 33.1 Å². The molecule has 18 heavy (non-hydrogen) atoms. The van der Waals surface area contributed by atoms with E-state index in [-0.39, 0.29) is 33.3 Å². The maximum atomic E-state index is 11.1. The van der Waals surface area contributed by atoms with Gasteiger partial charge in [0.25, 0.3) is 0 Å². The highest BCUT2D eigenvalue weighted by Gasteiger charge is 2.24. The highest BCUT2D eigenvalue weighted by molar-refractivity contribution is 6.36. The number of anilines is 1. The van der Waals surface area contributed by atoms with Crippen molar-refractivity contribution in [3.05, 3.63) is 22.2 Å². The van der Waals surface area contributed by atoms with Crippen molar-refractivity contribution in [1.82, 2.24) is 0 Å². The first-order chi connectivity index (χ1) is 8.18. The molecule has 0 aromatic heterocycles. The second kappa shape index (κ2) is 4.98. The number of rotatable bonds is 2. The van der Waals surface area contributed by atoms with Crippen molar-refractivity contribution in [3.63, 3.8) is 0 Å². The largest absolute Gasteiger partial charge is 0.505 e. The van der Waals surface area contributed by atoms with Gasteiger partial charge in [0.1, 0.15) is 11.4 Å². The van der Waals surface area contributed by atoms with E-state index in [0.717, 1.165) is 0 Å². The highest BCUT2D eigenvalue weighted by Crippen LogP contribution is 2.42. The average molecular weight is 270 g/mol. The SMILES string of the molecule is CC(=O)Nc1c(O)c(C(C)(C)C)cc(C=O)c1Cl. The van der Waals surface area contributed by atoms with E-state index in [4.69, 9.17) is 11.6 Å². The van der Waals surface area contributed by atoms with Gasteiger partial charge in [0.05, 0.1) is 5.02 Å². The molecule has 1 aromatic rings. The smallest absolute Gasteiger partial charge is 0.221 e. The van der Waals surface area contributed by atoms with Crippen LogP contribution in [0.1, 0.15) is 43.6 Å². The maximum absolute atomic E-state index is 11.1. The van der Waals surface area contributed by atoms with Gasteiger partial charge in [-0.05, 0) is 11.5 Å². The molecule has 0 atom stereocenters. The predicted molar refractivity (Wildman–Crippen MR) is 71.5 cm³/mol. The summed E-state index contributed by atoms with van der Waals surface area (Å²) in [4.78, 5) is 22.1. The first-order valence-electron chi connectivity index (χ1n) is 5.47. The molecule has 1 rings (SSSR count). The molecule has 0 unspecified atom stereocenters. The Bertz CT molecular complexity index is 504. The molecule has 0 aliphatic carbocycles. The summed E-state index contributed by atoms with van der Waals surface area (Å²) in [6, 6.07) is 1.54.